The lowest BCUT2D eigenvalue weighted by Gasteiger charge is -2.46. The molecule has 0 saturated heterocycles. The lowest BCUT2D eigenvalue weighted by Crippen LogP contribution is -2.52. The average Bonchev–Trinajstić information content (AvgIpc) is 2.97. The standard InChI is InChI=1S/C34H33NO5/c1-34(2)23-30(40-33(37)25-14-8-4-9-15-25)29(39-32(36)24-12-6-3-7-13-24)22-31(34)35-26-18-20-28(21-19-26)38-27-16-10-5-11-17-27/h3-21,29-31,35H,22-23H2,1-2H3/t29-,30-,31-/m1/s1. The number of hydrogen-bond acceptors (Lipinski definition) is 6. The molecule has 3 atom stereocenters. The predicted octanol–water partition coefficient (Wildman–Crippen LogP) is 7.53. The summed E-state index contributed by atoms with van der Waals surface area (Å²) >= 11 is 0. The van der Waals surface area contributed by atoms with Crippen LogP contribution in [0.25, 0.3) is 0 Å². The molecule has 1 aliphatic rings. The van der Waals surface area contributed by atoms with Gasteiger partial charge in [0.15, 0.2) is 0 Å². The fraction of sp³-hybridized carbons (Fsp3) is 0.235. The highest BCUT2D eigenvalue weighted by Crippen LogP contribution is 2.41. The fourth-order valence-corrected chi connectivity index (χ4v) is 5.00. The molecule has 0 bridgehead atoms. The number of carbonyl (C=O) groups is 2. The smallest absolute Gasteiger partial charge is 0.338 e. The molecule has 0 radical (unpaired) electrons. The molecular formula is C34H33NO5. The molecule has 0 heterocycles. The minimum atomic E-state index is -0.619. The van der Waals surface area contributed by atoms with Gasteiger partial charge in [0.05, 0.1) is 11.1 Å². The minimum absolute atomic E-state index is 0.0476. The zero-order chi connectivity index (χ0) is 28.0. The van der Waals surface area contributed by atoms with E-state index in [0.717, 1.165) is 17.2 Å². The normalized spacial score (nSPS) is 19.7. The maximum Gasteiger partial charge on any atom is 0.338 e. The van der Waals surface area contributed by atoms with Gasteiger partial charge < -0.3 is 19.5 Å². The van der Waals surface area contributed by atoms with E-state index >= 15 is 0 Å². The molecule has 5 rings (SSSR count). The molecule has 0 amide bonds. The van der Waals surface area contributed by atoms with Crippen LogP contribution in [0.3, 0.4) is 0 Å². The van der Waals surface area contributed by atoms with Crippen LogP contribution in [-0.2, 0) is 9.47 Å². The maximum absolute atomic E-state index is 13.0. The Kier molecular flexibility index (Phi) is 8.15. The number of anilines is 1. The third kappa shape index (κ3) is 6.70. The Morgan fingerprint density at radius 3 is 1.68 bits per heavy atom. The first-order valence-corrected chi connectivity index (χ1v) is 13.5. The van der Waals surface area contributed by atoms with Gasteiger partial charge in [0.2, 0.25) is 0 Å². The fourth-order valence-electron chi connectivity index (χ4n) is 5.00. The summed E-state index contributed by atoms with van der Waals surface area (Å²) in [5.41, 5.74) is 1.58. The Morgan fingerprint density at radius 2 is 1.12 bits per heavy atom. The van der Waals surface area contributed by atoms with Crippen molar-refractivity contribution in [3.05, 3.63) is 126 Å². The molecule has 1 N–H and O–H groups in total. The Morgan fingerprint density at radius 1 is 0.650 bits per heavy atom. The van der Waals surface area contributed by atoms with E-state index in [1.54, 1.807) is 48.5 Å². The molecule has 4 aromatic rings. The second-order valence-electron chi connectivity index (χ2n) is 10.7. The van der Waals surface area contributed by atoms with Crippen LogP contribution in [-0.4, -0.2) is 30.2 Å². The molecule has 1 fully saturated rings. The molecule has 6 nitrogen and oxygen atoms in total. The first-order chi connectivity index (χ1) is 19.4. The molecule has 40 heavy (non-hydrogen) atoms. The molecular weight excluding hydrogens is 502 g/mol. The van der Waals surface area contributed by atoms with Crippen molar-refractivity contribution in [2.45, 2.75) is 44.9 Å². The Bertz CT molecular complexity index is 1410. The molecule has 0 aromatic heterocycles. The molecule has 6 heteroatoms. The number of rotatable bonds is 8. The van der Waals surface area contributed by atoms with Crippen molar-refractivity contribution < 1.29 is 23.8 Å². The third-order valence-electron chi connectivity index (χ3n) is 7.26. The highest BCUT2D eigenvalue weighted by molar-refractivity contribution is 5.90. The number of benzene rings is 4. The van der Waals surface area contributed by atoms with E-state index in [4.69, 9.17) is 14.2 Å². The molecule has 0 unspecified atom stereocenters. The van der Waals surface area contributed by atoms with Crippen molar-refractivity contribution in [3.8, 4) is 11.5 Å². The molecule has 0 spiro atoms. The van der Waals surface area contributed by atoms with Gasteiger partial charge >= 0.3 is 11.9 Å². The van der Waals surface area contributed by atoms with Crippen LogP contribution in [0.4, 0.5) is 5.69 Å². The summed E-state index contributed by atoms with van der Waals surface area (Å²) in [5.74, 6) is 0.646. The third-order valence-corrected chi connectivity index (χ3v) is 7.26. The highest BCUT2D eigenvalue weighted by atomic mass is 16.6. The van der Waals surface area contributed by atoms with Crippen LogP contribution in [0, 0.1) is 5.41 Å². The quantitative estimate of drug-likeness (QED) is 0.235. The van der Waals surface area contributed by atoms with E-state index < -0.39 is 24.1 Å². The minimum Gasteiger partial charge on any atom is -0.457 e. The van der Waals surface area contributed by atoms with Gasteiger partial charge in [-0.2, -0.15) is 0 Å². The van der Waals surface area contributed by atoms with Gasteiger partial charge in [0.25, 0.3) is 0 Å². The van der Waals surface area contributed by atoms with Crippen molar-refractivity contribution in [1.82, 2.24) is 0 Å². The lowest BCUT2D eigenvalue weighted by atomic mass is 9.70. The average molecular weight is 536 g/mol. The SMILES string of the molecule is CC1(C)C[C@@H](OC(=O)c2ccccc2)[C@H](OC(=O)c2ccccc2)C[C@H]1Nc1ccc(Oc2ccccc2)cc1. The summed E-state index contributed by atoms with van der Waals surface area (Å²) in [4.78, 5) is 26.0. The summed E-state index contributed by atoms with van der Waals surface area (Å²) in [6.07, 6.45) is -0.215. The van der Waals surface area contributed by atoms with Crippen LogP contribution in [0.15, 0.2) is 115 Å². The predicted molar refractivity (Wildman–Crippen MR) is 155 cm³/mol. The Labute approximate surface area is 234 Å². The summed E-state index contributed by atoms with van der Waals surface area (Å²) in [5, 5.41) is 3.62. The van der Waals surface area contributed by atoms with E-state index in [-0.39, 0.29) is 11.5 Å². The van der Waals surface area contributed by atoms with E-state index in [1.807, 2.05) is 66.7 Å². The summed E-state index contributed by atoms with van der Waals surface area (Å²) in [6.45, 7) is 4.27. The van der Waals surface area contributed by atoms with Gasteiger partial charge in [-0.15, -0.1) is 0 Å². The van der Waals surface area contributed by atoms with Gasteiger partial charge in [0.1, 0.15) is 23.7 Å². The largest absolute Gasteiger partial charge is 0.457 e. The van der Waals surface area contributed by atoms with Crippen LogP contribution >= 0.6 is 0 Å². The summed E-state index contributed by atoms with van der Waals surface area (Å²) < 4.78 is 17.9. The van der Waals surface area contributed by atoms with Crippen molar-refractivity contribution in [2.75, 3.05) is 5.32 Å². The summed E-state index contributed by atoms with van der Waals surface area (Å²) in [7, 11) is 0. The molecule has 4 aromatic carbocycles. The number of nitrogens with one attached hydrogen (secondary N) is 1. The van der Waals surface area contributed by atoms with Crippen molar-refractivity contribution in [3.63, 3.8) is 0 Å². The number of para-hydroxylation sites is 1. The van der Waals surface area contributed by atoms with Crippen molar-refractivity contribution >= 4 is 17.6 Å². The first-order valence-electron chi connectivity index (χ1n) is 13.5. The second-order valence-corrected chi connectivity index (χ2v) is 10.7. The highest BCUT2D eigenvalue weighted by Gasteiger charge is 2.46. The van der Waals surface area contributed by atoms with E-state index in [2.05, 4.69) is 19.2 Å². The molecule has 0 aliphatic heterocycles. The van der Waals surface area contributed by atoms with Crippen molar-refractivity contribution in [2.24, 2.45) is 5.41 Å². The molecule has 1 aliphatic carbocycles. The topological polar surface area (TPSA) is 73.9 Å². The second kappa shape index (κ2) is 12.1. The van der Waals surface area contributed by atoms with E-state index in [1.165, 1.54) is 0 Å². The van der Waals surface area contributed by atoms with E-state index in [9.17, 15) is 9.59 Å². The van der Waals surface area contributed by atoms with Crippen LogP contribution in [0.5, 0.6) is 11.5 Å². The van der Waals surface area contributed by atoms with Crippen LogP contribution in [0.2, 0.25) is 0 Å². The monoisotopic (exact) mass is 535 g/mol. The lowest BCUT2D eigenvalue weighted by molar-refractivity contribution is -0.0763. The molecule has 204 valence electrons. The Balaban J connectivity index is 1.32. The number of hydrogen-bond donors (Lipinski definition) is 1. The Hall–Kier alpha value is -4.58. The van der Waals surface area contributed by atoms with E-state index in [0.29, 0.717) is 24.0 Å². The van der Waals surface area contributed by atoms with Gasteiger partial charge in [-0.3, -0.25) is 0 Å². The number of esters is 2. The van der Waals surface area contributed by atoms with Gasteiger partial charge in [-0.05, 0) is 72.5 Å². The van der Waals surface area contributed by atoms with Crippen LogP contribution in [0.1, 0.15) is 47.4 Å². The van der Waals surface area contributed by atoms with Crippen LogP contribution < -0.4 is 10.1 Å². The van der Waals surface area contributed by atoms with Gasteiger partial charge in [0, 0.05) is 18.2 Å². The number of carbonyl (C=O) groups excluding carboxylic acids is 2. The molecule has 1 saturated carbocycles. The zero-order valence-corrected chi connectivity index (χ0v) is 22.7. The summed E-state index contributed by atoms with van der Waals surface area (Å²) in [6, 6.07) is 35.1. The van der Waals surface area contributed by atoms with Crippen molar-refractivity contribution in [1.29, 1.82) is 0 Å². The van der Waals surface area contributed by atoms with Gasteiger partial charge in [-0.25, -0.2) is 9.59 Å². The maximum atomic E-state index is 13.0. The van der Waals surface area contributed by atoms with Gasteiger partial charge in [-0.1, -0.05) is 68.4 Å². The zero-order valence-electron chi connectivity index (χ0n) is 22.7. The first kappa shape index (κ1) is 27.0. The number of ether oxygens (including phenoxy) is 3.